The number of ether oxygens (including phenoxy) is 3. The van der Waals surface area contributed by atoms with Crippen LogP contribution in [0.5, 0.6) is 23.0 Å². The van der Waals surface area contributed by atoms with Crippen LogP contribution in [0.2, 0.25) is 0 Å². The lowest BCUT2D eigenvalue weighted by Crippen LogP contribution is -2.10. The van der Waals surface area contributed by atoms with E-state index in [1.165, 1.54) is 0 Å². The van der Waals surface area contributed by atoms with Gasteiger partial charge in [0.15, 0.2) is 11.5 Å². The highest BCUT2D eigenvalue weighted by molar-refractivity contribution is 7.80. The predicted molar refractivity (Wildman–Crippen MR) is 72.8 cm³/mol. The van der Waals surface area contributed by atoms with Crippen molar-refractivity contribution in [1.29, 1.82) is 0 Å². The molecule has 3 rings (SSSR count). The normalized spacial score (nSPS) is 12.2. The molecule has 0 spiro atoms. The first-order chi connectivity index (χ1) is 9.22. The third kappa shape index (κ3) is 2.43. The average Bonchev–Trinajstić information content (AvgIpc) is 2.87. The van der Waals surface area contributed by atoms with Gasteiger partial charge in [0.25, 0.3) is 0 Å². The number of hydrogen-bond donors (Lipinski definition) is 1. The Balaban J connectivity index is 1.79. The first kappa shape index (κ1) is 11.7. The molecule has 2 aromatic rings. The fourth-order valence-electron chi connectivity index (χ4n) is 1.66. The molecule has 96 valence electrons. The van der Waals surface area contributed by atoms with Crippen molar-refractivity contribution in [2.75, 3.05) is 6.79 Å². The van der Waals surface area contributed by atoms with Gasteiger partial charge in [-0.15, -0.1) is 0 Å². The molecule has 2 N–H and O–H groups in total. The van der Waals surface area contributed by atoms with Gasteiger partial charge >= 0.3 is 0 Å². The van der Waals surface area contributed by atoms with E-state index in [2.05, 4.69) is 4.98 Å². The molecule has 2 heterocycles. The number of nitrogens with two attached hydrogens (primary N) is 1. The van der Waals surface area contributed by atoms with Gasteiger partial charge in [-0.05, 0) is 24.3 Å². The molecule has 1 aliphatic rings. The lowest BCUT2D eigenvalue weighted by molar-refractivity contribution is 0.174. The molecule has 0 saturated carbocycles. The van der Waals surface area contributed by atoms with Gasteiger partial charge in [-0.1, -0.05) is 12.2 Å². The van der Waals surface area contributed by atoms with Crippen LogP contribution in [0.25, 0.3) is 0 Å². The van der Waals surface area contributed by atoms with E-state index in [4.69, 9.17) is 32.2 Å². The number of benzene rings is 1. The molecule has 0 radical (unpaired) electrons. The molecule has 0 aliphatic carbocycles. The van der Waals surface area contributed by atoms with Gasteiger partial charge in [-0.3, -0.25) is 0 Å². The summed E-state index contributed by atoms with van der Waals surface area (Å²) in [6, 6.07) is 8.84. The third-order valence-electron chi connectivity index (χ3n) is 2.57. The van der Waals surface area contributed by atoms with Crippen molar-refractivity contribution in [3.63, 3.8) is 0 Å². The average molecular weight is 274 g/mol. The Hall–Kier alpha value is -2.34. The number of hydrogen-bond acceptors (Lipinski definition) is 5. The van der Waals surface area contributed by atoms with E-state index in [0.717, 1.165) is 0 Å². The standard InChI is InChI=1S/C13H10N2O3S/c14-13(19)10-3-1-9(6-15-10)18-8-2-4-11-12(5-8)17-7-16-11/h1-6H,7H2,(H2,14,19). The predicted octanol–water partition coefficient (Wildman–Crippen LogP) is 2.24. The number of rotatable bonds is 3. The lowest BCUT2D eigenvalue weighted by Gasteiger charge is -2.06. The molecule has 0 bridgehead atoms. The van der Waals surface area contributed by atoms with E-state index in [9.17, 15) is 0 Å². The number of nitrogens with zero attached hydrogens (tertiary/aromatic N) is 1. The molecule has 0 saturated heterocycles. The fraction of sp³-hybridized carbons (Fsp3) is 0.0769. The second-order valence-corrected chi connectivity index (χ2v) is 4.30. The van der Waals surface area contributed by atoms with Crippen LogP contribution in [0.15, 0.2) is 36.5 Å². The number of thiocarbonyl (C=S) groups is 1. The molecule has 1 aliphatic heterocycles. The van der Waals surface area contributed by atoms with Crippen LogP contribution in [-0.4, -0.2) is 16.8 Å². The van der Waals surface area contributed by atoms with Crippen LogP contribution in [0.4, 0.5) is 0 Å². The Morgan fingerprint density at radius 2 is 1.95 bits per heavy atom. The Morgan fingerprint density at radius 1 is 1.16 bits per heavy atom. The Bertz CT molecular complexity index is 628. The third-order valence-corrected chi connectivity index (χ3v) is 2.78. The second kappa shape index (κ2) is 4.74. The topological polar surface area (TPSA) is 66.6 Å². The van der Waals surface area contributed by atoms with Crippen LogP contribution >= 0.6 is 12.2 Å². The summed E-state index contributed by atoms with van der Waals surface area (Å²) in [4.78, 5) is 4.36. The van der Waals surface area contributed by atoms with Crippen molar-refractivity contribution < 1.29 is 14.2 Å². The van der Waals surface area contributed by atoms with Gasteiger partial charge in [0.1, 0.15) is 16.5 Å². The highest BCUT2D eigenvalue weighted by Gasteiger charge is 2.14. The molecular formula is C13H10N2O3S. The molecule has 0 atom stereocenters. The molecule has 1 aromatic carbocycles. The first-order valence-electron chi connectivity index (χ1n) is 5.56. The van der Waals surface area contributed by atoms with Gasteiger partial charge in [0, 0.05) is 6.07 Å². The number of aromatic nitrogens is 1. The summed E-state index contributed by atoms with van der Waals surface area (Å²) in [5, 5.41) is 0. The van der Waals surface area contributed by atoms with Crippen molar-refractivity contribution in [2.45, 2.75) is 0 Å². The van der Waals surface area contributed by atoms with Crippen LogP contribution in [0.1, 0.15) is 5.69 Å². The largest absolute Gasteiger partial charge is 0.456 e. The van der Waals surface area contributed by atoms with Crippen molar-refractivity contribution in [3.05, 3.63) is 42.2 Å². The molecular weight excluding hydrogens is 264 g/mol. The highest BCUT2D eigenvalue weighted by Crippen LogP contribution is 2.36. The zero-order chi connectivity index (χ0) is 13.2. The second-order valence-electron chi connectivity index (χ2n) is 3.86. The Labute approximate surface area is 114 Å². The zero-order valence-electron chi connectivity index (χ0n) is 9.83. The summed E-state index contributed by atoms with van der Waals surface area (Å²) in [5.74, 6) is 2.63. The first-order valence-corrected chi connectivity index (χ1v) is 5.96. The van der Waals surface area contributed by atoms with Crippen molar-refractivity contribution in [1.82, 2.24) is 4.98 Å². The van der Waals surface area contributed by atoms with Crippen molar-refractivity contribution >= 4 is 17.2 Å². The minimum absolute atomic E-state index is 0.239. The maximum Gasteiger partial charge on any atom is 0.231 e. The lowest BCUT2D eigenvalue weighted by atomic mass is 10.3. The van der Waals surface area contributed by atoms with Crippen LogP contribution in [0, 0.1) is 0 Å². The minimum atomic E-state index is 0.239. The van der Waals surface area contributed by atoms with E-state index < -0.39 is 0 Å². The molecule has 0 fully saturated rings. The summed E-state index contributed by atoms with van der Waals surface area (Å²) in [5.41, 5.74) is 6.04. The quantitative estimate of drug-likeness (QED) is 0.866. The molecule has 1 aromatic heterocycles. The number of pyridine rings is 1. The van der Waals surface area contributed by atoms with Gasteiger partial charge in [0.05, 0.1) is 11.9 Å². The summed E-state index contributed by atoms with van der Waals surface area (Å²) in [7, 11) is 0. The fourth-order valence-corrected chi connectivity index (χ4v) is 1.78. The van der Waals surface area contributed by atoms with E-state index in [1.54, 1.807) is 36.5 Å². The maximum atomic E-state index is 5.66. The monoisotopic (exact) mass is 274 g/mol. The van der Waals surface area contributed by atoms with Crippen LogP contribution in [-0.2, 0) is 0 Å². The van der Waals surface area contributed by atoms with E-state index in [-0.39, 0.29) is 11.8 Å². The summed E-state index contributed by atoms with van der Waals surface area (Å²) in [6.45, 7) is 0.239. The molecule has 0 amide bonds. The maximum absolute atomic E-state index is 5.66. The molecule has 5 nitrogen and oxygen atoms in total. The molecule has 6 heteroatoms. The Morgan fingerprint density at radius 3 is 2.68 bits per heavy atom. The van der Waals surface area contributed by atoms with E-state index in [0.29, 0.717) is 28.7 Å². The highest BCUT2D eigenvalue weighted by atomic mass is 32.1. The summed E-state index contributed by atoms with van der Waals surface area (Å²) in [6.07, 6.45) is 1.57. The smallest absolute Gasteiger partial charge is 0.231 e. The molecule has 19 heavy (non-hydrogen) atoms. The van der Waals surface area contributed by atoms with E-state index >= 15 is 0 Å². The van der Waals surface area contributed by atoms with Gasteiger partial charge in [0.2, 0.25) is 6.79 Å². The Kier molecular flexibility index (Phi) is 2.92. The minimum Gasteiger partial charge on any atom is -0.456 e. The van der Waals surface area contributed by atoms with Crippen LogP contribution < -0.4 is 19.9 Å². The number of fused-ring (bicyclic) bond motifs is 1. The van der Waals surface area contributed by atoms with Crippen molar-refractivity contribution in [2.24, 2.45) is 5.73 Å². The van der Waals surface area contributed by atoms with Crippen LogP contribution in [0.3, 0.4) is 0 Å². The van der Waals surface area contributed by atoms with Gasteiger partial charge < -0.3 is 19.9 Å². The molecule has 0 unspecified atom stereocenters. The summed E-state index contributed by atoms with van der Waals surface area (Å²) >= 11 is 4.83. The van der Waals surface area contributed by atoms with Gasteiger partial charge in [-0.2, -0.15) is 0 Å². The van der Waals surface area contributed by atoms with Crippen molar-refractivity contribution in [3.8, 4) is 23.0 Å². The summed E-state index contributed by atoms with van der Waals surface area (Å²) < 4.78 is 16.2. The van der Waals surface area contributed by atoms with E-state index in [1.807, 2.05) is 0 Å². The zero-order valence-corrected chi connectivity index (χ0v) is 10.6. The SMILES string of the molecule is NC(=S)c1ccc(Oc2ccc3c(c2)OCO3)cn1. The van der Waals surface area contributed by atoms with Gasteiger partial charge in [-0.25, -0.2) is 4.98 Å².